The number of nitrogens with two attached hydrogens (primary N) is 1. The molecule has 0 aliphatic rings. The molecule has 2 N–H and O–H groups in total. The molecule has 0 unspecified atom stereocenters. The van der Waals surface area contributed by atoms with Gasteiger partial charge in [0.25, 0.3) is 0 Å². The first-order valence-electron chi connectivity index (χ1n) is 4.55. The minimum absolute atomic E-state index is 0.255. The number of hydrogen-bond acceptors (Lipinski definition) is 2. The molecule has 6 heteroatoms. The second kappa shape index (κ2) is 4.91. The highest BCUT2D eigenvalue weighted by atomic mass is 35.5. The van der Waals surface area contributed by atoms with E-state index >= 15 is 0 Å². The predicted molar refractivity (Wildman–Crippen MR) is 74.1 cm³/mol. The SMILES string of the molecule is Nc1cc(-c2ccc(Cl)c(Cl)c2Cl)cnc1Cl. The topological polar surface area (TPSA) is 38.9 Å². The van der Waals surface area contributed by atoms with Crippen LogP contribution in [0.1, 0.15) is 0 Å². The average molecular weight is 308 g/mol. The van der Waals surface area contributed by atoms with Gasteiger partial charge in [0.05, 0.1) is 20.8 Å². The summed E-state index contributed by atoms with van der Waals surface area (Å²) in [6.45, 7) is 0. The van der Waals surface area contributed by atoms with E-state index in [1.807, 2.05) is 0 Å². The van der Waals surface area contributed by atoms with E-state index in [1.165, 1.54) is 0 Å². The molecule has 1 aromatic carbocycles. The van der Waals surface area contributed by atoms with E-state index in [2.05, 4.69) is 4.98 Å². The number of halogens is 4. The fourth-order valence-corrected chi connectivity index (χ4v) is 2.11. The summed E-state index contributed by atoms with van der Waals surface area (Å²) < 4.78 is 0. The maximum absolute atomic E-state index is 6.11. The van der Waals surface area contributed by atoms with Crippen molar-refractivity contribution in [3.63, 3.8) is 0 Å². The summed E-state index contributed by atoms with van der Waals surface area (Å²) in [6, 6.07) is 5.09. The Kier molecular flexibility index (Phi) is 3.69. The van der Waals surface area contributed by atoms with Gasteiger partial charge in [-0.05, 0) is 12.1 Å². The molecule has 0 radical (unpaired) electrons. The first-order valence-corrected chi connectivity index (χ1v) is 6.06. The second-order valence-electron chi connectivity index (χ2n) is 3.33. The number of rotatable bonds is 1. The zero-order valence-corrected chi connectivity index (χ0v) is 11.4. The molecule has 17 heavy (non-hydrogen) atoms. The molecule has 0 fully saturated rings. The van der Waals surface area contributed by atoms with Gasteiger partial charge in [-0.2, -0.15) is 0 Å². The highest BCUT2D eigenvalue weighted by Gasteiger charge is 2.11. The molecule has 0 saturated carbocycles. The Bertz CT molecular complexity index is 584. The Balaban J connectivity index is 2.61. The zero-order chi connectivity index (χ0) is 12.6. The number of benzene rings is 1. The minimum atomic E-state index is 0.255. The summed E-state index contributed by atoms with van der Waals surface area (Å²) in [5.74, 6) is 0. The summed E-state index contributed by atoms with van der Waals surface area (Å²) in [5.41, 5.74) is 7.50. The maximum atomic E-state index is 6.11. The van der Waals surface area contributed by atoms with E-state index in [-0.39, 0.29) is 5.15 Å². The third-order valence-electron chi connectivity index (χ3n) is 2.21. The first kappa shape index (κ1) is 12.8. The number of hydrogen-bond donors (Lipinski definition) is 1. The highest BCUT2D eigenvalue weighted by molar-refractivity contribution is 6.49. The van der Waals surface area contributed by atoms with Crippen molar-refractivity contribution in [2.75, 3.05) is 5.73 Å². The van der Waals surface area contributed by atoms with Gasteiger partial charge in [-0.15, -0.1) is 0 Å². The lowest BCUT2D eigenvalue weighted by Crippen LogP contribution is -1.91. The summed E-state index contributed by atoms with van der Waals surface area (Å²) in [4.78, 5) is 3.95. The van der Waals surface area contributed by atoms with Crippen LogP contribution in [0, 0.1) is 0 Å². The molecule has 2 aromatic rings. The monoisotopic (exact) mass is 306 g/mol. The van der Waals surface area contributed by atoms with Gasteiger partial charge in [0.15, 0.2) is 5.15 Å². The standard InChI is InChI=1S/C11H6Cl4N2/c12-7-2-1-6(9(13)10(7)14)5-3-8(16)11(15)17-4-5/h1-4H,16H2. The van der Waals surface area contributed by atoms with Crippen LogP contribution in [-0.2, 0) is 0 Å². The summed E-state index contributed by atoms with van der Waals surface area (Å²) in [6.07, 6.45) is 1.57. The second-order valence-corrected chi connectivity index (χ2v) is 4.85. The Morgan fingerprint density at radius 2 is 1.71 bits per heavy atom. The van der Waals surface area contributed by atoms with E-state index in [0.717, 1.165) is 5.56 Å². The van der Waals surface area contributed by atoms with E-state index in [0.29, 0.717) is 26.3 Å². The summed E-state index contributed by atoms with van der Waals surface area (Å²) in [7, 11) is 0. The summed E-state index contributed by atoms with van der Waals surface area (Å²) in [5, 5.41) is 1.32. The van der Waals surface area contributed by atoms with Crippen LogP contribution in [0.25, 0.3) is 11.1 Å². The van der Waals surface area contributed by atoms with Gasteiger partial charge in [-0.1, -0.05) is 52.5 Å². The van der Waals surface area contributed by atoms with Crippen molar-refractivity contribution in [2.24, 2.45) is 0 Å². The molecule has 1 heterocycles. The number of aromatic nitrogens is 1. The van der Waals surface area contributed by atoms with Crippen LogP contribution in [0.2, 0.25) is 20.2 Å². The predicted octanol–water partition coefficient (Wildman–Crippen LogP) is 4.94. The van der Waals surface area contributed by atoms with Gasteiger partial charge in [-0.3, -0.25) is 0 Å². The van der Waals surface area contributed by atoms with Crippen molar-refractivity contribution < 1.29 is 0 Å². The Hall–Kier alpha value is -0.670. The van der Waals surface area contributed by atoms with E-state index in [4.69, 9.17) is 52.1 Å². The molecule has 0 amide bonds. The summed E-state index contributed by atoms with van der Waals surface area (Å²) >= 11 is 23.7. The first-order chi connectivity index (χ1) is 8.00. The van der Waals surface area contributed by atoms with Gasteiger partial charge in [-0.25, -0.2) is 4.98 Å². The molecule has 0 aliphatic heterocycles. The lowest BCUT2D eigenvalue weighted by molar-refractivity contribution is 1.33. The van der Waals surface area contributed by atoms with Crippen LogP contribution in [-0.4, -0.2) is 4.98 Å². The molecular weight excluding hydrogens is 302 g/mol. The molecule has 0 bridgehead atoms. The van der Waals surface area contributed by atoms with E-state index < -0.39 is 0 Å². The lowest BCUT2D eigenvalue weighted by atomic mass is 10.1. The Labute approximate surface area is 118 Å². The van der Waals surface area contributed by atoms with Crippen molar-refractivity contribution in [1.29, 1.82) is 0 Å². The highest BCUT2D eigenvalue weighted by Crippen LogP contribution is 2.38. The van der Waals surface area contributed by atoms with Crippen molar-refractivity contribution >= 4 is 52.1 Å². The number of nitrogen functional groups attached to an aromatic ring is 1. The van der Waals surface area contributed by atoms with Crippen molar-refractivity contribution in [3.05, 3.63) is 44.6 Å². The van der Waals surface area contributed by atoms with Crippen molar-refractivity contribution in [2.45, 2.75) is 0 Å². The molecule has 0 saturated heterocycles. The van der Waals surface area contributed by atoms with Crippen molar-refractivity contribution in [1.82, 2.24) is 4.98 Å². The van der Waals surface area contributed by atoms with Crippen LogP contribution in [0.15, 0.2) is 24.4 Å². The molecule has 0 spiro atoms. The van der Waals surface area contributed by atoms with Crippen LogP contribution in [0.3, 0.4) is 0 Å². The smallest absolute Gasteiger partial charge is 0.151 e. The molecule has 2 rings (SSSR count). The molecule has 1 aromatic heterocycles. The Morgan fingerprint density at radius 3 is 2.35 bits per heavy atom. The average Bonchev–Trinajstić information content (AvgIpc) is 2.30. The van der Waals surface area contributed by atoms with Crippen LogP contribution in [0.5, 0.6) is 0 Å². The van der Waals surface area contributed by atoms with E-state index in [9.17, 15) is 0 Å². The third-order valence-corrected chi connectivity index (χ3v) is 3.82. The normalized spacial score (nSPS) is 10.6. The maximum Gasteiger partial charge on any atom is 0.151 e. The van der Waals surface area contributed by atoms with Gasteiger partial charge in [0, 0.05) is 17.3 Å². The molecule has 88 valence electrons. The molecule has 0 aliphatic carbocycles. The van der Waals surface area contributed by atoms with Gasteiger partial charge >= 0.3 is 0 Å². The van der Waals surface area contributed by atoms with Gasteiger partial charge in [0.2, 0.25) is 0 Å². The largest absolute Gasteiger partial charge is 0.396 e. The third kappa shape index (κ3) is 2.45. The van der Waals surface area contributed by atoms with Gasteiger partial charge < -0.3 is 5.73 Å². The quantitative estimate of drug-likeness (QED) is 0.598. The number of nitrogens with zero attached hydrogens (tertiary/aromatic N) is 1. The molecule has 0 atom stereocenters. The van der Waals surface area contributed by atoms with Crippen LogP contribution in [0.4, 0.5) is 5.69 Å². The number of pyridine rings is 1. The van der Waals surface area contributed by atoms with E-state index in [1.54, 1.807) is 24.4 Å². The van der Waals surface area contributed by atoms with Crippen molar-refractivity contribution in [3.8, 4) is 11.1 Å². The number of anilines is 1. The fraction of sp³-hybridized carbons (Fsp3) is 0. The molecule has 2 nitrogen and oxygen atoms in total. The van der Waals surface area contributed by atoms with Gasteiger partial charge in [0.1, 0.15) is 0 Å². The Morgan fingerprint density at radius 1 is 1.00 bits per heavy atom. The minimum Gasteiger partial charge on any atom is -0.396 e. The lowest BCUT2D eigenvalue weighted by Gasteiger charge is -2.08. The van der Waals surface area contributed by atoms with Crippen LogP contribution >= 0.6 is 46.4 Å². The zero-order valence-electron chi connectivity index (χ0n) is 8.35. The fourth-order valence-electron chi connectivity index (χ4n) is 1.36. The molecular formula is C11H6Cl4N2. The van der Waals surface area contributed by atoms with Crippen LogP contribution < -0.4 is 5.73 Å².